The van der Waals surface area contributed by atoms with E-state index in [0.29, 0.717) is 0 Å². The lowest BCUT2D eigenvalue weighted by Gasteiger charge is -2.44. The van der Waals surface area contributed by atoms with Crippen LogP contribution < -0.4 is 36.3 Å². The van der Waals surface area contributed by atoms with Crippen molar-refractivity contribution in [3.63, 3.8) is 0 Å². The maximum absolute atomic E-state index is 6.75. The second-order valence-electron chi connectivity index (χ2n) is 8.83. The fourth-order valence-corrected chi connectivity index (χ4v) is 11.2. The second kappa shape index (κ2) is 7.09. The van der Waals surface area contributed by atoms with Gasteiger partial charge in [0.1, 0.15) is 5.75 Å². The van der Waals surface area contributed by atoms with E-state index in [1.54, 1.807) is 0 Å². The molecule has 2 heterocycles. The summed E-state index contributed by atoms with van der Waals surface area (Å²) in [6, 6.07) is 46.6. The lowest BCUT2D eigenvalue weighted by atomic mass is 9.52. The number of benzene rings is 5. The predicted molar refractivity (Wildman–Crippen MR) is 141 cm³/mol. The summed E-state index contributed by atoms with van der Waals surface area (Å²) in [5.74, 6) is 0.968. The molecule has 0 spiro atoms. The van der Waals surface area contributed by atoms with Gasteiger partial charge in [-0.2, -0.15) is 0 Å². The van der Waals surface area contributed by atoms with Gasteiger partial charge in [0.25, 0.3) is 0 Å². The first kappa shape index (κ1) is 18.7. The van der Waals surface area contributed by atoms with Crippen LogP contribution >= 0.6 is 0 Å². The molecular weight excluding hydrogens is 415 g/mol. The third-order valence-electron chi connectivity index (χ3n) is 7.26. The lowest BCUT2D eigenvalue weighted by Crippen LogP contribution is -2.86. The maximum Gasteiger partial charge on any atom is 0.426 e. The van der Waals surface area contributed by atoms with E-state index in [4.69, 9.17) is 4.65 Å². The minimum Gasteiger partial charge on any atom is -0.551 e. The van der Waals surface area contributed by atoms with E-state index < -0.39 is 8.07 Å². The number of fused-ring (bicyclic) bond motifs is 4. The molecule has 5 aromatic carbocycles. The van der Waals surface area contributed by atoms with Crippen molar-refractivity contribution >= 4 is 46.7 Å². The molecule has 5 aromatic rings. The van der Waals surface area contributed by atoms with Crippen molar-refractivity contribution in [2.75, 3.05) is 0 Å². The van der Waals surface area contributed by atoms with Crippen molar-refractivity contribution in [3.05, 3.63) is 127 Å². The largest absolute Gasteiger partial charge is 0.551 e. The van der Waals surface area contributed by atoms with Crippen LogP contribution in [0, 0.1) is 0 Å². The minimum absolute atomic E-state index is 0.0876. The molecule has 0 unspecified atom stereocenters. The summed E-state index contributed by atoms with van der Waals surface area (Å²) in [7, 11) is -2.53. The van der Waals surface area contributed by atoms with E-state index in [-0.39, 0.29) is 6.92 Å². The van der Waals surface area contributed by atoms with Crippen LogP contribution in [-0.4, -0.2) is 15.0 Å². The van der Waals surface area contributed by atoms with Crippen LogP contribution in [-0.2, 0) is 0 Å². The van der Waals surface area contributed by atoms with Crippen LogP contribution in [0.5, 0.6) is 5.75 Å². The Hall–Kier alpha value is -3.82. The molecule has 0 aromatic heterocycles. The van der Waals surface area contributed by atoms with Gasteiger partial charge < -0.3 is 4.65 Å². The van der Waals surface area contributed by atoms with Gasteiger partial charge >= 0.3 is 6.92 Å². The van der Waals surface area contributed by atoms with Crippen molar-refractivity contribution in [3.8, 4) is 16.9 Å². The number of hydrogen-bond acceptors (Lipinski definition) is 1. The van der Waals surface area contributed by atoms with Crippen LogP contribution in [0.4, 0.5) is 0 Å². The summed E-state index contributed by atoms with van der Waals surface area (Å²) in [5, 5.41) is 5.69. The van der Waals surface area contributed by atoms with Crippen molar-refractivity contribution in [2.24, 2.45) is 0 Å². The zero-order valence-corrected chi connectivity index (χ0v) is 19.1. The van der Waals surface area contributed by atoms with Gasteiger partial charge in [-0.3, -0.25) is 0 Å². The summed E-state index contributed by atoms with van der Waals surface area (Å²) in [6.07, 6.45) is 0. The van der Waals surface area contributed by atoms with Gasteiger partial charge in [0.05, 0.1) is 0 Å². The van der Waals surface area contributed by atoms with Crippen LogP contribution in [0.2, 0.25) is 0 Å². The summed E-state index contributed by atoms with van der Waals surface area (Å²) >= 11 is 0. The summed E-state index contributed by atoms with van der Waals surface area (Å²) in [4.78, 5) is 0. The lowest BCUT2D eigenvalue weighted by molar-refractivity contribution is 0.590. The van der Waals surface area contributed by atoms with Crippen LogP contribution in [0.25, 0.3) is 11.1 Å². The molecule has 1 nitrogen and oxygen atoms in total. The van der Waals surface area contributed by atoms with Crippen molar-refractivity contribution in [1.82, 2.24) is 0 Å². The molecule has 0 amide bonds. The molecule has 154 valence electrons. The standard InChI is InChI=1S/C30H21BOSi/c1-3-12-22(13-4-1)33(23-14-5-2-6-15-23)28-20-10-8-18-26(28)31-30-25(17-11-21-29(30)33)24-16-7-9-19-27(24)32-31/h1-21H. The maximum atomic E-state index is 6.75. The number of hydrogen-bond donors (Lipinski definition) is 0. The predicted octanol–water partition coefficient (Wildman–Crippen LogP) is 2.54. The Labute approximate surface area is 195 Å². The van der Waals surface area contributed by atoms with Gasteiger partial charge in [0.2, 0.25) is 0 Å². The quantitative estimate of drug-likeness (QED) is 0.387. The van der Waals surface area contributed by atoms with E-state index in [9.17, 15) is 0 Å². The molecule has 0 bridgehead atoms. The highest BCUT2D eigenvalue weighted by atomic mass is 28.3. The molecule has 2 aliphatic heterocycles. The smallest absolute Gasteiger partial charge is 0.426 e. The molecule has 0 aliphatic carbocycles. The van der Waals surface area contributed by atoms with Gasteiger partial charge in [-0.05, 0) is 43.3 Å². The second-order valence-corrected chi connectivity index (χ2v) is 12.6. The summed E-state index contributed by atoms with van der Waals surface area (Å²) in [6.45, 7) is -0.0876. The minimum atomic E-state index is -2.53. The fraction of sp³-hybridized carbons (Fsp3) is 0. The van der Waals surface area contributed by atoms with E-state index in [2.05, 4.69) is 127 Å². The molecule has 3 heteroatoms. The van der Waals surface area contributed by atoms with Gasteiger partial charge in [-0.1, -0.05) is 121 Å². The zero-order chi connectivity index (χ0) is 21.8. The highest BCUT2D eigenvalue weighted by molar-refractivity contribution is 7.25. The molecular formula is C30H21BOSi. The molecule has 7 rings (SSSR count). The van der Waals surface area contributed by atoms with E-state index in [1.807, 2.05) is 0 Å². The number of para-hydroxylation sites is 1. The number of rotatable bonds is 2. The Balaban J connectivity index is 1.68. The molecule has 0 atom stereocenters. The third kappa shape index (κ3) is 2.48. The average Bonchev–Trinajstić information content (AvgIpc) is 2.90. The summed E-state index contributed by atoms with van der Waals surface area (Å²) in [5.41, 5.74) is 5.13. The summed E-state index contributed by atoms with van der Waals surface area (Å²) < 4.78 is 6.75. The molecule has 0 fully saturated rings. The molecule has 33 heavy (non-hydrogen) atoms. The Morgan fingerprint density at radius 2 is 1.06 bits per heavy atom. The first-order chi connectivity index (χ1) is 16.4. The third-order valence-corrected chi connectivity index (χ3v) is 12.2. The van der Waals surface area contributed by atoms with Crippen molar-refractivity contribution in [1.29, 1.82) is 0 Å². The fourth-order valence-electron chi connectivity index (χ4n) is 5.98. The highest BCUT2D eigenvalue weighted by Gasteiger charge is 2.52. The first-order valence-corrected chi connectivity index (χ1v) is 13.5. The van der Waals surface area contributed by atoms with E-state index in [1.165, 1.54) is 42.8 Å². The van der Waals surface area contributed by atoms with Gasteiger partial charge in [0, 0.05) is 5.56 Å². The van der Waals surface area contributed by atoms with Crippen LogP contribution in [0.1, 0.15) is 0 Å². The Bertz CT molecular complexity index is 1460. The normalized spacial score (nSPS) is 14.5. The zero-order valence-electron chi connectivity index (χ0n) is 18.1. The highest BCUT2D eigenvalue weighted by Crippen LogP contribution is 2.33. The molecule has 0 radical (unpaired) electrons. The van der Waals surface area contributed by atoms with Crippen molar-refractivity contribution in [2.45, 2.75) is 0 Å². The van der Waals surface area contributed by atoms with Crippen molar-refractivity contribution < 1.29 is 4.65 Å². The molecule has 0 saturated carbocycles. The van der Waals surface area contributed by atoms with Gasteiger partial charge in [-0.15, -0.1) is 0 Å². The topological polar surface area (TPSA) is 9.23 Å². The van der Waals surface area contributed by atoms with E-state index in [0.717, 1.165) is 5.75 Å². The molecule has 0 N–H and O–H groups in total. The first-order valence-electron chi connectivity index (χ1n) is 11.5. The van der Waals surface area contributed by atoms with E-state index >= 15 is 0 Å². The van der Waals surface area contributed by atoms with Gasteiger partial charge in [-0.25, -0.2) is 0 Å². The SMILES string of the molecule is c1ccc([Si]2(c3ccccc3)c3ccccc3B3Oc4ccccc4-c4cccc2c43)cc1. The Kier molecular flexibility index (Phi) is 4.02. The van der Waals surface area contributed by atoms with Gasteiger partial charge in [0.15, 0.2) is 8.07 Å². The Morgan fingerprint density at radius 3 is 1.82 bits per heavy atom. The average molecular weight is 436 g/mol. The Morgan fingerprint density at radius 1 is 0.485 bits per heavy atom. The molecule has 2 aliphatic rings. The monoisotopic (exact) mass is 436 g/mol. The van der Waals surface area contributed by atoms with Crippen LogP contribution in [0.3, 0.4) is 0 Å². The van der Waals surface area contributed by atoms with Crippen LogP contribution in [0.15, 0.2) is 127 Å². The molecule has 0 saturated heterocycles.